The average Bonchev–Trinajstić information content (AvgIpc) is 2.74. The molecule has 1 aromatic heterocycles. The van der Waals surface area contributed by atoms with Crippen LogP contribution in [0.3, 0.4) is 0 Å². The number of amides is 2. The standard InChI is InChI=1S/C25H30FN3O8/c1-8-35-21(30)18(15-11-13-27-14-12-15)16-9-10-17(29(33)34)20(19(16)26)28(22(31)36-24(2,3)4)23(32)37-25(5,6)7/h9-14,18H,8H2,1-7H3. The molecule has 12 heteroatoms. The highest BCUT2D eigenvalue weighted by atomic mass is 19.1. The number of halogens is 1. The van der Waals surface area contributed by atoms with Crippen molar-refractivity contribution in [3.05, 3.63) is 63.7 Å². The van der Waals surface area contributed by atoms with Crippen LogP contribution in [-0.4, -0.2) is 45.9 Å². The Bertz CT molecular complexity index is 1140. The predicted octanol–water partition coefficient (Wildman–Crippen LogP) is 5.50. The summed E-state index contributed by atoms with van der Waals surface area (Å²) < 4.78 is 31.9. The molecule has 0 N–H and O–H groups in total. The van der Waals surface area contributed by atoms with Gasteiger partial charge in [-0.1, -0.05) is 0 Å². The topological polar surface area (TPSA) is 138 Å². The van der Waals surface area contributed by atoms with Crippen LogP contribution in [0.1, 0.15) is 65.5 Å². The van der Waals surface area contributed by atoms with Crippen LogP contribution in [0.15, 0.2) is 36.7 Å². The number of anilines is 1. The third-order valence-electron chi connectivity index (χ3n) is 4.57. The van der Waals surface area contributed by atoms with Gasteiger partial charge >= 0.3 is 18.2 Å². The molecule has 2 amide bonds. The van der Waals surface area contributed by atoms with Crippen LogP contribution < -0.4 is 4.90 Å². The highest BCUT2D eigenvalue weighted by molar-refractivity contribution is 6.11. The lowest BCUT2D eigenvalue weighted by Crippen LogP contribution is -2.44. The van der Waals surface area contributed by atoms with Gasteiger partial charge in [0.1, 0.15) is 17.1 Å². The number of carbonyl (C=O) groups is 3. The maximum Gasteiger partial charge on any atom is 0.424 e. The number of ether oxygens (including phenoxy) is 3. The first-order valence-electron chi connectivity index (χ1n) is 11.4. The first-order chi connectivity index (χ1) is 17.1. The molecule has 1 heterocycles. The molecular weight excluding hydrogens is 489 g/mol. The van der Waals surface area contributed by atoms with E-state index in [0.717, 1.165) is 12.1 Å². The second-order valence-electron chi connectivity index (χ2n) is 9.86. The molecule has 1 unspecified atom stereocenters. The SMILES string of the molecule is CCOC(=O)C(c1ccncc1)c1ccc([N+](=O)[O-])c(N(C(=O)OC(C)(C)C)C(=O)OC(C)(C)C)c1F. The number of nitro benzene ring substituents is 1. The van der Waals surface area contributed by atoms with Gasteiger partial charge in [0.05, 0.1) is 11.5 Å². The molecule has 0 aliphatic carbocycles. The Morgan fingerprint density at radius 2 is 1.51 bits per heavy atom. The van der Waals surface area contributed by atoms with Gasteiger partial charge in [-0.3, -0.25) is 19.9 Å². The third-order valence-corrected chi connectivity index (χ3v) is 4.57. The lowest BCUT2D eigenvalue weighted by Gasteiger charge is -2.29. The van der Waals surface area contributed by atoms with Crippen LogP contribution in [0.2, 0.25) is 0 Å². The van der Waals surface area contributed by atoms with Crippen molar-refractivity contribution in [3.63, 3.8) is 0 Å². The van der Waals surface area contributed by atoms with Gasteiger partial charge in [-0.25, -0.2) is 14.0 Å². The van der Waals surface area contributed by atoms with Crippen molar-refractivity contribution in [1.82, 2.24) is 4.98 Å². The summed E-state index contributed by atoms with van der Waals surface area (Å²) in [6.45, 7) is 10.5. The van der Waals surface area contributed by atoms with E-state index in [0.29, 0.717) is 0 Å². The van der Waals surface area contributed by atoms with Crippen LogP contribution in [0.5, 0.6) is 0 Å². The largest absolute Gasteiger partial charge is 0.465 e. The molecule has 0 fully saturated rings. The zero-order chi connectivity index (χ0) is 28.1. The summed E-state index contributed by atoms with van der Waals surface area (Å²) in [4.78, 5) is 54.1. The van der Waals surface area contributed by atoms with Crippen molar-refractivity contribution in [2.75, 3.05) is 11.5 Å². The van der Waals surface area contributed by atoms with E-state index in [1.807, 2.05) is 0 Å². The van der Waals surface area contributed by atoms with E-state index >= 15 is 4.39 Å². The van der Waals surface area contributed by atoms with Crippen molar-refractivity contribution < 1.29 is 37.9 Å². The van der Waals surface area contributed by atoms with Gasteiger partial charge in [-0.2, -0.15) is 4.90 Å². The van der Waals surface area contributed by atoms with E-state index in [1.165, 1.54) is 66.1 Å². The number of esters is 1. The Kier molecular flexibility index (Phi) is 8.91. The number of hydrogen-bond acceptors (Lipinski definition) is 9. The fourth-order valence-electron chi connectivity index (χ4n) is 3.25. The molecule has 0 radical (unpaired) electrons. The van der Waals surface area contributed by atoms with Gasteiger partial charge in [-0.15, -0.1) is 0 Å². The maximum absolute atomic E-state index is 16.3. The minimum absolute atomic E-state index is 0.0240. The van der Waals surface area contributed by atoms with Gasteiger partial charge in [0, 0.05) is 24.0 Å². The molecule has 1 atom stereocenters. The molecule has 200 valence electrons. The Morgan fingerprint density at radius 3 is 1.95 bits per heavy atom. The van der Waals surface area contributed by atoms with Gasteiger partial charge < -0.3 is 14.2 Å². The van der Waals surface area contributed by atoms with E-state index in [4.69, 9.17) is 14.2 Å². The molecule has 0 aliphatic heterocycles. The Balaban J connectivity index is 2.87. The summed E-state index contributed by atoms with van der Waals surface area (Å²) in [6.07, 6.45) is -0.0613. The van der Waals surface area contributed by atoms with Crippen LogP contribution >= 0.6 is 0 Å². The molecule has 0 saturated heterocycles. The lowest BCUT2D eigenvalue weighted by atomic mass is 9.90. The summed E-state index contributed by atoms with van der Waals surface area (Å²) in [6, 6.07) is 4.81. The maximum atomic E-state index is 16.3. The number of aromatic nitrogens is 1. The van der Waals surface area contributed by atoms with Crippen molar-refractivity contribution in [3.8, 4) is 0 Å². The number of hydrogen-bond donors (Lipinski definition) is 0. The molecule has 0 aliphatic rings. The molecule has 2 rings (SSSR count). The molecule has 1 aromatic carbocycles. The minimum atomic E-state index is -1.41. The van der Waals surface area contributed by atoms with Gasteiger partial charge in [0.25, 0.3) is 5.69 Å². The minimum Gasteiger partial charge on any atom is -0.465 e. The number of imide groups is 1. The summed E-state index contributed by atoms with van der Waals surface area (Å²) in [7, 11) is 0. The molecular formula is C25H30FN3O8. The molecule has 2 aromatic rings. The van der Waals surface area contributed by atoms with Crippen molar-refractivity contribution in [2.45, 2.75) is 65.6 Å². The number of nitrogens with zero attached hydrogens (tertiary/aromatic N) is 3. The van der Waals surface area contributed by atoms with E-state index in [9.17, 15) is 24.5 Å². The summed E-state index contributed by atoms with van der Waals surface area (Å²) in [5.41, 5.74) is -4.35. The van der Waals surface area contributed by atoms with E-state index in [-0.39, 0.29) is 22.6 Å². The predicted molar refractivity (Wildman–Crippen MR) is 131 cm³/mol. The highest BCUT2D eigenvalue weighted by Gasteiger charge is 2.41. The quantitative estimate of drug-likeness (QED) is 0.209. The van der Waals surface area contributed by atoms with Crippen molar-refractivity contribution in [1.29, 1.82) is 0 Å². The van der Waals surface area contributed by atoms with E-state index < -0.39 is 57.4 Å². The van der Waals surface area contributed by atoms with Crippen molar-refractivity contribution in [2.24, 2.45) is 0 Å². The molecule has 0 bridgehead atoms. The number of carbonyl (C=O) groups excluding carboxylic acids is 3. The number of benzene rings is 1. The normalized spacial score (nSPS) is 12.3. The van der Waals surface area contributed by atoms with Gasteiger partial charge in [0.2, 0.25) is 0 Å². The number of pyridine rings is 1. The Labute approximate surface area is 213 Å². The number of rotatable bonds is 6. The third kappa shape index (κ3) is 7.45. The summed E-state index contributed by atoms with van der Waals surface area (Å²) in [5.74, 6) is -3.61. The van der Waals surface area contributed by atoms with E-state index in [1.54, 1.807) is 6.92 Å². The Hall–Kier alpha value is -4.09. The molecule has 0 saturated carbocycles. The average molecular weight is 520 g/mol. The van der Waals surface area contributed by atoms with Gasteiger partial charge in [0.15, 0.2) is 11.5 Å². The fourth-order valence-corrected chi connectivity index (χ4v) is 3.25. The molecule has 11 nitrogen and oxygen atoms in total. The first kappa shape index (κ1) is 29.1. The van der Waals surface area contributed by atoms with E-state index in [2.05, 4.69) is 4.98 Å². The first-order valence-corrected chi connectivity index (χ1v) is 11.4. The zero-order valence-electron chi connectivity index (χ0n) is 21.7. The van der Waals surface area contributed by atoms with Gasteiger partial charge in [-0.05, 0) is 72.2 Å². The van der Waals surface area contributed by atoms with Crippen LogP contribution in [0.4, 0.5) is 25.4 Å². The summed E-state index contributed by atoms with van der Waals surface area (Å²) in [5, 5.41) is 11.9. The monoisotopic (exact) mass is 519 g/mol. The fraction of sp³-hybridized carbons (Fsp3) is 0.440. The highest BCUT2D eigenvalue weighted by Crippen LogP contribution is 2.39. The number of nitro groups is 1. The molecule has 0 spiro atoms. The van der Waals surface area contributed by atoms with Crippen LogP contribution in [0.25, 0.3) is 0 Å². The smallest absolute Gasteiger partial charge is 0.424 e. The lowest BCUT2D eigenvalue weighted by molar-refractivity contribution is -0.384. The van der Waals surface area contributed by atoms with Crippen LogP contribution in [0, 0.1) is 15.9 Å². The van der Waals surface area contributed by atoms with Crippen molar-refractivity contribution >= 4 is 29.5 Å². The summed E-state index contributed by atoms with van der Waals surface area (Å²) >= 11 is 0. The second-order valence-corrected chi connectivity index (χ2v) is 9.86. The zero-order valence-corrected chi connectivity index (χ0v) is 21.7. The van der Waals surface area contributed by atoms with Crippen LogP contribution in [-0.2, 0) is 19.0 Å². The Morgan fingerprint density at radius 1 is 1.00 bits per heavy atom. The second kappa shape index (κ2) is 11.3. The molecule has 37 heavy (non-hydrogen) atoms.